The van der Waals surface area contributed by atoms with E-state index >= 15 is 0 Å². The molecule has 176 valence electrons. The number of aromatic nitrogens is 1. The fourth-order valence-corrected chi connectivity index (χ4v) is 3.38. The Morgan fingerprint density at radius 1 is 1.06 bits per heavy atom. The Hall–Kier alpha value is -3.03. The number of ether oxygens (including phenoxy) is 2. The molecule has 0 radical (unpaired) electrons. The Morgan fingerprint density at radius 3 is 2.38 bits per heavy atom. The van der Waals surface area contributed by atoms with Crippen LogP contribution in [-0.2, 0) is 25.5 Å². The third-order valence-corrected chi connectivity index (χ3v) is 4.70. The highest BCUT2D eigenvalue weighted by Crippen LogP contribution is 2.20. The van der Waals surface area contributed by atoms with Gasteiger partial charge in [0, 0.05) is 23.5 Å². The fraction of sp³-hybridized carbons (Fsp3) is 0.542. The van der Waals surface area contributed by atoms with Crippen molar-refractivity contribution in [2.75, 3.05) is 6.61 Å². The molecule has 0 aliphatic carbocycles. The van der Waals surface area contributed by atoms with Gasteiger partial charge in [-0.1, -0.05) is 32.0 Å². The summed E-state index contributed by atoms with van der Waals surface area (Å²) in [4.78, 5) is 41.2. The van der Waals surface area contributed by atoms with Crippen LogP contribution in [0, 0.1) is 5.92 Å². The van der Waals surface area contributed by atoms with Crippen LogP contribution in [0.2, 0.25) is 0 Å². The number of carbonyl (C=O) groups is 3. The zero-order chi connectivity index (χ0) is 23.9. The summed E-state index contributed by atoms with van der Waals surface area (Å²) in [5, 5.41) is 6.39. The largest absolute Gasteiger partial charge is 0.464 e. The molecule has 0 saturated heterocycles. The van der Waals surface area contributed by atoms with Crippen molar-refractivity contribution in [3.05, 3.63) is 36.0 Å². The van der Waals surface area contributed by atoms with Gasteiger partial charge in [-0.25, -0.2) is 9.59 Å². The molecule has 8 nitrogen and oxygen atoms in total. The first kappa shape index (κ1) is 25.2. The standard InChI is InChI=1S/C24H35N3O5/c1-7-31-22(29)20(13-16-14-25-18-11-9-8-10-17(16)18)26-21(28)19(12-15(2)3)27-23(30)32-24(4,5)6/h8-11,14-15,19-20,25H,7,12-13H2,1-6H3,(H,26,28)(H,27,30)/t19-,20+/m0/s1. The molecule has 2 rings (SSSR count). The van der Waals surface area contributed by atoms with Crippen LogP contribution >= 0.6 is 0 Å². The third-order valence-electron chi connectivity index (χ3n) is 4.70. The fourth-order valence-electron chi connectivity index (χ4n) is 3.38. The average molecular weight is 446 g/mol. The van der Waals surface area contributed by atoms with Gasteiger partial charge >= 0.3 is 12.1 Å². The maximum absolute atomic E-state index is 13.1. The highest BCUT2D eigenvalue weighted by molar-refractivity contribution is 5.90. The molecule has 2 amide bonds. The monoisotopic (exact) mass is 445 g/mol. The number of nitrogens with one attached hydrogen (secondary N) is 3. The summed E-state index contributed by atoms with van der Waals surface area (Å²) >= 11 is 0. The summed E-state index contributed by atoms with van der Waals surface area (Å²) in [5.41, 5.74) is 1.14. The second-order valence-corrected chi connectivity index (χ2v) is 9.21. The molecule has 0 fully saturated rings. The Bertz CT molecular complexity index is 929. The number of alkyl carbamates (subject to hydrolysis) is 1. The lowest BCUT2D eigenvalue weighted by atomic mass is 10.0. The minimum Gasteiger partial charge on any atom is -0.464 e. The maximum atomic E-state index is 13.1. The van der Waals surface area contributed by atoms with Gasteiger partial charge in [0.25, 0.3) is 0 Å². The number of carbonyl (C=O) groups excluding carboxylic acids is 3. The van der Waals surface area contributed by atoms with E-state index in [9.17, 15) is 14.4 Å². The smallest absolute Gasteiger partial charge is 0.408 e. The van der Waals surface area contributed by atoms with Crippen molar-refractivity contribution in [2.24, 2.45) is 5.92 Å². The van der Waals surface area contributed by atoms with Crippen molar-refractivity contribution in [3.63, 3.8) is 0 Å². The first-order valence-corrected chi connectivity index (χ1v) is 11.0. The van der Waals surface area contributed by atoms with E-state index in [1.807, 2.05) is 44.3 Å². The van der Waals surface area contributed by atoms with Crippen LogP contribution in [0.4, 0.5) is 4.79 Å². The molecule has 0 spiro atoms. The third kappa shape index (κ3) is 7.59. The maximum Gasteiger partial charge on any atom is 0.408 e. The predicted molar refractivity (Wildman–Crippen MR) is 123 cm³/mol. The molecule has 0 aliphatic heterocycles. The highest BCUT2D eigenvalue weighted by Gasteiger charge is 2.30. The number of para-hydroxylation sites is 1. The van der Waals surface area contributed by atoms with Crippen molar-refractivity contribution < 1.29 is 23.9 Å². The van der Waals surface area contributed by atoms with Gasteiger partial charge in [0.2, 0.25) is 5.91 Å². The molecule has 2 aromatic rings. The van der Waals surface area contributed by atoms with E-state index in [1.165, 1.54) is 0 Å². The number of rotatable bonds is 9. The van der Waals surface area contributed by atoms with Crippen LogP contribution in [-0.4, -0.2) is 47.2 Å². The lowest BCUT2D eigenvalue weighted by Gasteiger charge is -2.25. The van der Waals surface area contributed by atoms with Crippen LogP contribution in [0.25, 0.3) is 10.9 Å². The van der Waals surface area contributed by atoms with E-state index < -0.39 is 35.7 Å². The van der Waals surface area contributed by atoms with E-state index in [1.54, 1.807) is 27.7 Å². The Balaban J connectivity index is 2.19. The van der Waals surface area contributed by atoms with Gasteiger partial charge in [-0.05, 0) is 51.7 Å². The number of benzene rings is 1. The number of hydrogen-bond donors (Lipinski definition) is 3. The van der Waals surface area contributed by atoms with Crippen LogP contribution in [0.15, 0.2) is 30.5 Å². The van der Waals surface area contributed by atoms with E-state index in [0.29, 0.717) is 6.42 Å². The van der Waals surface area contributed by atoms with Crippen LogP contribution in [0.5, 0.6) is 0 Å². The second kappa shape index (κ2) is 11.0. The van der Waals surface area contributed by atoms with E-state index in [4.69, 9.17) is 9.47 Å². The number of amides is 2. The van der Waals surface area contributed by atoms with Crippen molar-refractivity contribution in [2.45, 2.75) is 72.1 Å². The quantitative estimate of drug-likeness (QED) is 0.510. The summed E-state index contributed by atoms with van der Waals surface area (Å²) < 4.78 is 10.5. The van der Waals surface area contributed by atoms with Gasteiger partial charge < -0.3 is 25.1 Å². The molecule has 2 atom stereocenters. The molecule has 1 aromatic heterocycles. The van der Waals surface area contributed by atoms with Crippen molar-refractivity contribution in [3.8, 4) is 0 Å². The normalized spacial score (nSPS) is 13.5. The molecule has 0 aliphatic rings. The first-order chi connectivity index (χ1) is 15.0. The molecule has 0 saturated carbocycles. The molecule has 0 unspecified atom stereocenters. The van der Waals surface area contributed by atoms with E-state index in [2.05, 4.69) is 15.6 Å². The first-order valence-electron chi connectivity index (χ1n) is 11.0. The summed E-state index contributed by atoms with van der Waals surface area (Å²) in [7, 11) is 0. The van der Waals surface area contributed by atoms with E-state index in [-0.39, 0.29) is 18.9 Å². The minimum absolute atomic E-state index is 0.135. The summed E-state index contributed by atoms with van der Waals surface area (Å²) in [5.74, 6) is -0.843. The van der Waals surface area contributed by atoms with Gasteiger partial charge in [-0.2, -0.15) is 0 Å². The molecular weight excluding hydrogens is 410 g/mol. The van der Waals surface area contributed by atoms with Gasteiger partial charge in [0.15, 0.2) is 0 Å². The lowest BCUT2D eigenvalue weighted by Crippen LogP contribution is -2.53. The Kier molecular flexibility index (Phi) is 8.69. The summed E-state index contributed by atoms with van der Waals surface area (Å²) in [6.45, 7) is 11.1. The molecule has 1 aromatic carbocycles. The topological polar surface area (TPSA) is 110 Å². The Labute approximate surface area is 189 Å². The van der Waals surface area contributed by atoms with Crippen LogP contribution in [0.1, 0.15) is 53.5 Å². The predicted octanol–water partition coefficient (Wildman–Crippen LogP) is 3.70. The minimum atomic E-state index is -0.892. The Morgan fingerprint density at radius 2 is 1.75 bits per heavy atom. The lowest BCUT2D eigenvalue weighted by molar-refractivity contribution is -0.147. The number of aromatic amines is 1. The zero-order valence-electron chi connectivity index (χ0n) is 19.8. The summed E-state index contributed by atoms with van der Waals surface area (Å²) in [6.07, 6.45) is 1.80. The van der Waals surface area contributed by atoms with Gasteiger partial charge in [0.1, 0.15) is 17.7 Å². The molecule has 3 N–H and O–H groups in total. The van der Waals surface area contributed by atoms with Gasteiger partial charge in [-0.3, -0.25) is 4.79 Å². The molecule has 32 heavy (non-hydrogen) atoms. The van der Waals surface area contributed by atoms with Crippen molar-refractivity contribution in [1.82, 2.24) is 15.6 Å². The van der Waals surface area contributed by atoms with Gasteiger partial charge in [0.05, 0.1) is 6.61 Å². The van der Waals surface area contributed by atoms with Crippen molar-refractivity contribution in [1.29, 1.82) is 0 Å². The number of H-pyrrole nitrogens is 1. The number of hydrogen-bond acceptors (Lipinski definition) is 5. The van der Waals surface area contributed by atoms with E-state index in [0.717, 1.165) is 16.5 Å². The molecule has 0 bridgehead atoms. The number of esters is 1. The molecule has 8 heteroatoms. The highest BCUT2D eigenvalue weighted by atomic mass is 16.6. The molecule has 1 heterocycles. The zero-order valence-corrected chi connectivity index (χ0v) is 19.8. The average Bonchev–Trinajstić information content (AvgIpc) is 3.08. The van der Waals surface area contributed by atoms with Crippen molar-refractivity contribution >= 4 is 28.9 Å². The second-order valence-electron chi connectivity index (χ2n) is 9.21. The molecular formula is C24H35N3O5. The van der Waals surface area contributed by atoms with Gasteiger partial charge in [-0.15, -0.1) is 0 Å². The number of fused-ring (bicyclic) bond motifs is 1. The van der Waals surface area contributed by atoms with Crippen LogP contribution < -0.4 is 10.6 Å². The SMILES string of the molecule is CCOC(=O)[C@@H](Cc1c[nH]c2ccccc12)NC(=O)[C@H](CC(C)C)NC(=O)OC(C)(C)C. The van der Waals surface area contributed by atoms with Crippen LogP contribution in [0.3, 0.4) is 0 Å². The summed E-state index contributed by atoms with van der Waals surface area (Å²) in [6, 6.07) is 6.01.